The van der Waals surface area contributed by atoms with Crippen molar-refractivity contribution in [3.63, 3.8) is 0 Å². The van der Waals surface area contributed by atoms with Crippen molar-refractivity contribution in [2.45, 2.75) is 49.2 Å². The van der Waals surface area contributed by atoms with Crippen LogP contribution in [-0.4, -0.2) is 11.0 Å². The maximum atomic E-state index is 12.0. The van der Waals surface area contributed by atoms with Crippen molar-refractivity contribution in [3.8, 4) is 0 Å². The molecule has 1 saturated carbocycles. The van der Waals surface area contributed by atoms with E-state index in [1.165, 1.54) is 11.3 Å². The maximum absolute atomic E-state index is 12.0. The fraction of sp³-hybridized carbons (Fsp3) is 0.471. The minimum atomic E-state index is 0.221. The number of carbonyl (C=O) groups excluding carboxylic acids is 1. The molecule has 0 amide bonds. The summed E-state index contributed by atoms with van der Waals surface area (Å²) in [5, 5.41) is 0.459. The van der Waals surface area contributed by atoms with Crippen molar-refractivity contribution >= 4 is 17.5 Å². The molecule has 0 N–H and O–H groups in total. The first-order chi connectivity index (χ1) is 9.31. The van der Waals surface area contributed by atoms with Gasteiger partial charge in [0.25, 0.3) is 0 Å². The lowest BCUT2D eigenvalue weighted by molar-refractivity contribution is -0.120. The molecule has 1 aliphatic carbocycles. The molecule has 102 valence electrons. The van der Waals surface area contributed by atoms with Gasteiger partial charge in [0.15, 0.2) is 0 Å². The first-order valence-corrected chi connectivity index (χ1v) is 8.08. The van der Waals surface area contributed by atoms with Crippen molar-refractivity contribution in [2.24, 2.45) is 5.92 Å². The first kappa shape index (κ1) is 14.4. The maximum Gasteiger partial charge on any atom is 0.137 e. The third kappa shape index (κ3) is 4.24. The second-order valence-electron chi connectivity index (χ2n) is 5.08. The van der Waals surface area contributed by atoms with Gasteiger partial charge in [0.05, 0.1) is 0 Å². The number of carbonyl (C=O) groups is 1. The largest absolute Gasteiger partial charge is 0.299 e. The zero-order valence-electron chi connectivity index (χ0n) is 11.5. The molecule has 2 atom stereocenters. The highest BCUT2D eigenvalue weighted by Crippen LogP contribution is 2.38. The number of benzene rings is 1. The third-order valence-electron chi connectivity index (χ3n) is 3.58. The van der Waals surface area contributed by atoms with E-state index in [1.54, 1.807) is 0 Å². The topological polar surface area (TPSA) is 17.1 Å². The molecule has 1 aliphatic rings. The molecule has 0 radical (unpaired) electrons. The molecule has 0 spiro atoms. The molecule has 1 fully saturated rings. The number of hydrogen-bond acceptors (Lipinski definition) is 2. The second kappa shape index (κ2) is 7.54. The molecule has 0 saturated heterocycles. The fourth-order valence-corrected chi connectivity index (χ4v) is 3.83. The standard InChI is InChI=1S/C17H22OS/c1-2-3-4-8-11-15-16(18)12-13-17(15)19-14-9-6-5-7-10-14/h4-10,15,17H,2-3,11-13H2,1H3/b8-4+/t15-,17-/m1/s1. The Balaban J connectivity index is 1.93. The molecule has 0 aromatic heterocycles. The Bertz CT molecular complexity index is 424. The zero-order valence-corrected chi connectivity index (χ0v) is 12.4. The van der Waals surface area contributed by atoms with Crippen LogP contribution in [0, 0.1) is 5.92 Å². The second-order valence-corrected chi connectivity index (χ2v) is 6.39. The van der Waals surface area contributed by atoms with E-state index in [4.69, 9.17) is 0 Å². The summed E-state index contributed by atoms with van der Waals surface area (Å²) in [6, 6.07) is 10.4. The molecular weight excluding hydrogens is 252 g/mol. The van der Waals surface area contributed by atoms with Crippen LogP contribution in [0.25, 0.3) is 0 Å². The van der Waals surface area contributed by atoms with Crippen molar-refractivity contribution < 1.29 is 4.79 Å². The quantitative estimate of drug-likeness (QED) is 0.688. The van der Waals surface area contributed by atoms with Gasteiger partial charge >= 0.3 is 0 Å². The zero-order chi connectivity index (χ0) is 13.5. The minimum Gasteiger partial charge on any atom is -0.299 e. The highest BCUT2D eigenvalue weighted by atomic mass is 32.2. The van der Waals surface area contributed by atoms with E-state index < -0.39 is 0 Å². The summed E-state index contributed by atoms with van der Waals surface area (Å²) in [6.45, 7) is 2.18. The summed E-state index contributed by atoms with van der Waals surface area (Å²) >= 11 is 1.87. The number of thioether (sulfide) groups is 1. The monoisotopic (exact) mass is 274 g/mol. The van der Waals surface area contributed by atoms with Crippen LogP contribution in [0.4, 0.5) is 0 Å². The molecule has 0 aliphatic heterocycles. The van der Waals surface area contributed by atoms with E-state index in [0.717, 1.165) is 25.7 Å². The Morgan fingerprint density at radius 2 is 2.05 bits per heavy atom. The normalized spacial score (nSPS) is 23.3. The van der Waals surface area contributed by atoms with Crippen molar-refractivity contribution in [3.05, 3.63) is 42.5 Å². The van der Waals surface area contributed by atoms with Gasteiger partial charge in [0.2, 0.25) is 0 Å². The van der Waals surface area contributed by atoms with Crippen molar-refractivity contribution in [2.75, 3.05) is 0 Å². The Hall–Kier alpha value is -1.02. The van der Waals surface area contributed by atoms with E-state index in [2.05, 4.69) is 43.3 Å². The summed E-state index contributed by atoms with van der Waals surface area (Å²) in [4.78, 5) is 13.3. The average molecular weight is 274 g/mol. The van der Waals surface area contributed by atoms with Gasteiger partial charge in [-0.3, -0.25) is 4.79 Å². The van der Waals surface area contributed by atoms with Crippen LogP contribution in [0.15, 0.2) is 47.4 Å². The van der Waals surface area contributed by atoms with Gasteiger partial charge in [-0.2, -0.15) is 0 Å². The van der Waals surface area contributed by atoms with Gasteiger partial charge < -0.3 is 0 Å². The van der Waals surface area contributed by atoms with Crippen LogP contribution in [0.2, 0.25) is 0 Å². The molecule has 0 bridgehead atoms. The van der Waals surface area contributed by atoms with E-state index in [-0.39, 0.29) is 5.92 Å². The minimum absolute atomic E-state index is 0.221. The van der Waals surface area contributed by atoms with Crippen LogP contribution in [0.1, 0.15) is 39.0 Å². The SMILES string of the molecule is CCC/C=C/C[C@@H]1C(=O)CC[C@H]1Sc1ccccc1. The summed E-state index contributed by atoms with van der Waals surface area (Å²) < 4.78 is 0. The number of hydrogen-bond donors (Lipinski definition) is 0. The van der Waals surface area contributed by atoms with Gasteiger partial charge in [-0.05, 0) is 31.4 Å². The highest BCUT2D eigenvalue weighted by molar-refractivity contribution is 8.00. The van der Waals surface area contributed by atoms with Crippen LogP contribution in [0.3, 0.4) is 0 Å². The van der Waals surface area contributed by atoms with Gasteiger partial charge in [-0.15, -0.1) is 11.8 Å². The third-order valence-corrected chi connectivity index (χ3v) is 4.99. The molecular formula is C17H22OS. The van der Waals surface area contributed by atoms with Crippen LogP contribution >= 0.6 is 11.8 Å². The molecule has 0 unspecified atom stereocenters. The van der Waals surface area contributed by atoms with Crippen LogP contribution < -0.4 is 0 Å². The van der Waals surface area contributed by atoms with Gasteiger partial charge in [0, 0.05) is 22.5 Å². The van der Waals surface area contributed by atoms with E-state index >= 15 is 0 Å². The molecule has 2 rings (SSSR count). The summed E-state index contributed by atoms with van der Waals surface area (Å²) in [5.74, 6) is 0.674. The van der Waals surface area contributed by atoms with E-state index in [9.17, 15) is 4.79 Å². The number of Topliss-reactive ketones (excluding diaryl/α,β-unsaturated/α-hetero) is 1. The number of unbranched alkanes of at least 4 members (excludes halogenated alkanes) is 1. The van der Waals surface area contributed by atoms with Gasteiger partial charge in [-0.1, -0.05) is 43.7 Å². The molecule has 19 heavy (non-hydrogen) atoms. The highest BCUT2D eigenvalue weighted by Gasteiger charge is 2.34. The molecule has 1 aromatic rings. The average Bonchev–Trinajstić information content (AvgIpc) is 2.77. The molecule has 1 nitrogen and oxygen atoms in total. The number of allylic oxidation sites excluding steroid dienone is 2. The van der Waals surface area contributed by atoms with Gasteiger partial charge in [0.1, 0.15) is 5.78 Å². The fourth-order valence-electron chi connectivity index (χ4n) is 2.50. The predicted molar refractivity (Wildman–Crippen MR) is 82.5 cm³/mol. The molecule has 2 heteroatoms. The van der Waals surface area contributed by atoms with Crippen LogP contribution in [-0.2, 0) is 4.79 Å². The number of rotatable bonds is 6. The summed E-state index contributed by atoms with van der Waals surface area (Å²) in [6.07, 6.45) is 9.44. The Labute approximate surface area is 120 Å². The van der Waals surface area contributed by atoms with Crippen molar-refractivity contribution in [1.82, 2.24) is 0 Å². The van der Waals surface area contributed by atoms with E-state index in [1.807, 2.05) is 17.8 Å². The molecule has 1 aromatic carbocycles. The lowest BCUT2D eigenvalue weighted by atomic mass is 10.0. The number of ketones is 1. The Morgan fingerprint density at radius 1 is 1.26 bits per heavy atom. The summed E-state index contributed by atoms with van der Waals surface area (Å²) in [7, 11) is 0. The Morgan fingerprint density at radius 3 is 2.79 bits per heavy atom. The Kier molecular flexibility index (Phi) is 5.71. The van der Waals surface area contributed by atoms with Crippen LogP contribution in [0.5, 0.6) is 0 Å². The van der Waals surface area contributed by atoms with E-state index in [0.29, 0.717) is 11.0 Å². The van der Waals surface area contributed by atoms with Gasteiger partial charge in [-0.25, -0.2) is 0 Å². The lowest BCUT2D eigenvalue weighted by Crippen LogP contribution is -2.15. The lowest BCUT2D eigenvalue weighted by Gasteiger charge is -2.16. The first-order valence-electron chi connectivity index (χ1n) is 7.20. The predicted octanol–water partition coefficient (Wildman–Crippen LogP) is 4.87. The smallest absolute Gasteiger partial charge is 0.137 e. The van der Waals surface area contributed by atoms with Crippen molar-refractivity contribution in [1.29, 1.82) is 0 Å². The molecule has 0 heterocycles. The summed E-state index contributed by atoms with van der Waals surface area (Å²) in [5.41, 5.74) is 0.